The quantitative estimate of drug-likeness (QED) is 0.216. The van der Waals surface area contributed by atoms with Gasteiger partial charge < -0.3 is 10.0 Å². The standard InChI is InChI=1S/C24H19N3O5/c1-15-7-9-17(10-8-15)22(28)20-21(18-5-2-6-19(12-18)27(31)32)26(24(30)23(20)29)14-16-4-3-11-25-13-16/h2-13,21,28H,14H2,1H3/b22-20-. The molecule has 2 aromatic carbocycles. The van der Waals surface area contributed by atoms with Crippen molar-refractivity contribution in [2.45, 2.75) is 19.5 Å². The molecule has 0 radical (unpaired) electrons. The molecule has 0 bridgehead atoms. The summed E-state index contributed by atoms with van der Waals surface area (Å²) in [6.45, 7) is 1.94. The molecule has 3 aromatic rings. The minimum absolute atomic E-state index is 0.0520. The van der Waals surface area contributed by atoms with Crippen molar-refractivity contribution in [3.8, 4) is 0 Å². The van der Waals surface area contributed by atoms with Crippen LogP contribution < -0.4 is 0 Å². The van der Waals surface area contributed by atoms with E-state index in [0.717, 1.165) is 5.56 Å². The number of non-ortho nitro benzene ring substituents is 1. The molecule has 0 spiro atoms. The number of aromatic nitrogens is 1. The van der Waals surface area contributed by atoms with Gasteiger partial charge in [-0.2, -0.15) is 0 Å². The van der Waals surface area contributed by atoms with E-state index in [-0.39, 0.29) is 23.6 Å². The first-order valence-corrected chi connectivity index (χ1v) is 9.85. The number of carbonyl (C=O) groups excluding carboxylic acids is 2. The maximum Gasteiger partial charge on any atom is 0.295 e. The smallest absolute Gasteiger partial charge is 0.295 e. The number of rotatable bonds is 5. The second-order valence-corrected chi connectivity index (χ2v) is 7.51. The summed E-state index contributed by atoms with van der Waals surface area (Å²) in [4.78, 5) is 42.1. The average molecular weight is 429 g/mol. The maximum absolute atomic E-state index is 13.0. The van der Waals surface area contributed by atoms with Gasteiger partial charge in [0, 0.05) is 36.6 Å². The highest BCUT2D eigenvalue weighted by Gasteiger charge is 2.46. The molecule has 1 aliphatic rings. The van der Waals surface area contributed by atoms with Gasteiger partial charge in [-0.3, -0.25) is 24.7 Å². The fourth-order valence-corrected chi connectivity index (χ4v) is 3.75. The van der Waals surface area contributed by atoms with Gasteiger partial charge in [0.05, 0.1) is 16.5 Å². The second-order valence-electron chi connectivity index (χ2n) is 7.51. The number of aliphatic hydroxyl groups is 1. The number of ketones is 1. The number of likely N-dealkylation sites (tertiary alicyclic amines) is 1. The van der Waals surface area contributed by atoms with E-state index in [4.69, 9.17) is 0 Å². The van der Waals surface area contributed by atoms with Gasteiger partial charge in [-0.25, -0.2) is 0 Å². The molecule has 160 valence electrons. The summed E-state index contributed by atoms with van der Waals surface area (Å²) < 4.78 is 0. The summed E-state index contributed by atoms with van der Waals surface area (Å²) in [6, 6.07) is 15.1. The molecular weight excluding hydrogens is 410 g/mol. The Labute approximate surface area is 183 Å². The topological polar surface area (TPSA) is 114 Å². The van der Waals surface area contributed by atoms with Crippen LogP contribution in [0, 0.1) is 17.0 Å². The van der Waals surface area contributed by atoms with Crippen LogP contribution in [0.2, 0.25) is 0 Å². The fraction of sp³-hybridized carbons (Fsp3) is 0.125. The van der Waals surface area contributed by atoms with Gasteiger partial charge >= 0.3 is 0 Å². The van der Waals surface area contributed by atoms with E-state index >= 15 is 0 Å². The van der Waals surface area contributed by atoms with E-state index in [1.165, 1.54) is 23.1 Å². The van der Waals surface area contributed by atoms with Gasteiger partial charge in [-0.15, -0.1) is 0 Å². The SMILES string of the molecule is Cc1ccc(/C(O)=C2/C(=O)C(=O)N(Cc3cccnc3)C2c2cccc([N+](=O)[O-])c2)cc1. The summed E-state index contributed by atoms with van der Waals surface area (Å²) in [5.41, 5.74) is 2.10. The van der Waals surface area contributed by atoms with Gasteiger partial charge in [-0.1, -0.05) is 48.0 Å². The molecule has 8 nitrogen and oxygen atoms in total. The van der Waals surface area contributed by atoms with Crippen molar-refractivity contribution in [1.29, 1.82) is 0 Å². The zero-order chi connectivity index (χ0) is 22.8. The van der Waals surface area contributed by atoms with Crippen LogP contribution in [-0.2, 0) is 16.1 Å². The predicted octanol–water partition coefficient (Wildman–Crippen LogP) is 3.92. The average Bonchev–Trinajstić information content (AvgIpc) is 3.05. The second kappa shape index (κ2) is 8.43. The first-order valence-electron chi connectivity index (χ1n) is 9.85. The van der Waals surface area contributed by atoms with Crippen LogP contribution >= 0.6 is 0 Å². The first-order chi connectivity index (χ1) is 15.4. The molecule has 1 atom stereocenters. The molecule has 1 amide bonds. The van der Waals surface area contributed by atoms with Crippen molar-refractivity contribution in [3.63, 3.8) is 0 Å². The molecule has 1 aromatic heterocycles. The van der Waals surface area contributed by atoms with Gasteiger partial charge in [0.15, 0.2) is 0 Å². The van der Waals surface area contributed by atoms with E-state index in [0.29, 0.717) is 16.7 Å². The minimum atomic E-state index is -0.989. The molecule has 4 rings (SSSR count). The Bertz CT molecular complexity index is 1240. The lowest BCUT2D eigenvalue weighted by atomic mass is 9.94. The minimum Gasteiger partial charge on any atom is -0.507 e. The number of amides is 1. The van der Waals surface area contributed by atoms with E-state index < -0.39 is 22.7 Å². The number of aliphatic hydroxyl groups excluding tert-OH is 1. The van der Waals surface area contributed by atoms with E-state index in [9.17, 15) is 24.8 Å². The molecule has 1 aliphatic heterocycles. The normalized spacial score (nSPS) is 17.5. The van der Waals surface area contributed by atoms with Crippen molar-refractivity contribution in [2.24, 2.45) is 0 Å². The van der Waals surface area contributed by atoms with Crippen LogP contribution in [0.4, 0.5) is 5.69 Å². The number of aryl methyl sites for hydroxylation is 1. The molecule has 1 N–H and O–H groups in total. The lowest BCUT2D eigenvalue weighted by molar-refractivity contribution is -0.384. The van der Waals surface area contributed by atoms with Crippen LogP contribution in [0.3, 0.4) is 0 Å². The largest absolute Gasteiger partial charge is 0.507 e. The number of nitrogens with zero attached hydrogens (tertiary/aromatic N) is 3. The van der Waals surface area contributed by atoms with E-state index in [1.807, 2.05) is 6.92 Å². The summed E-state index contributed by atoms with van der Waals surface area (Å²) >= 11 is 0. The van der Waals surface area contributed by atoms with Crippen LogP contribution in [0.1, 0.15) is 28.3 Å². The third-order valence-electron chi connectivity index (χ3n) is 5.34. The number of carbonyl (C=O) groups is 2. The van der Waals surface area contributed by atoms with E-state index in [2.05, 4.69) is 4.98 Å². The highest BCUT2D eigenvalue weighted by atomic mass is 16.6. The summed E-state index contributed by atoms with van der Waals surface area (Å²) in [5.74, 6) is -1.96. The Morgan fingerprint density at radius 1 is 1.12 bits per heavy atom. The zero-order valence-corrected chi connectivity index (χ0v) is 17.1. The number of pyridine rings is 1. The van der Waals surface area contributed by atoms with Gasteiger partial charge in [0.2, 0.25) is 0 Å². The first kappa shape index (κ1) is 20.9. The van der Waals surface area contributed by atoms with E-state index in [1.54, 1.807) is 54.9 Å². The third-order valence-corrected chi connectivity index (χ3v) is 5.34. The number of hydrogen-bond donors (Lipinski definition) is 1. The number of hydrogen-bond acceptors (Lipinski definition) is 6. The Balaban J connectivity index is 1.89. The fourth-order valence-electron chi connectivity index (χ4n) is 3.75. The Morgan fingerprint density at radius 3 is 2.53 bits per heavy atom. The van der Waals surface area contributed by atoms with Gasteiger partial charge in [0.1, 0.15) is 5.76 Å². The molecule has 0 aliphatic carbocycles. The van der Waals surface area contributed by atoms with Crippen LogP contribution in [0.15, 0.2) is 78.6 Å². The molecular formula is C24H19N3O5. The van der Waals surface area contributed by atoms with Crippen molar-refractivity contribution in [3.05, 3.63) is 111 Å². The lowest BCUT2D eigenvalue weighted by Crippen LogP contribution is -2.29. The molecule has 1 fully saturated rings. The lowest BCUT2D eigenvalue weighted by Gasteiger charge is -2.25. The number of nitro benzene ring substituents is 1. The van der Waals surface area contributed by atoms with Crippen LogP contribution in [0.5, 0.6) is 0 Å². The van der Waals surface area contributed by atoms with Crippen molar-refractivity contribution >= 4 is 23.1 Å². The van der Waals surface area contributed by atoms with Crippen molar-refractivity contribution in [2.75, 3.05) is 0 Å². The molecule has 1 saturated heterocycles. The summed E-state index contributed by atoms with van der Waals surface area (Å²) in [5, 5.41) is 22.4. The van der Waals surface area contributed by atoms with Gasteiger partial charge in [-0.05, 0) is 24.1 Å². The zero-order valence-electron chi connectivity index (χ0n) is 17.1. The Hall–Kier alpha value is -4.33. The molecule has 32 heavy (non-hydrogen) atoms. The predicted molar refractivity (Wildman–Crippen MR) is 116 cm³/mol. The number of Topliss-reactive ketones (excluding diaryl/α,β-unsaturated/α-hetero) is 1. The maximum atomic E-state index is 13.0. The summed E-state index contributed by atoms with van der Waals surface area (Å²) in [6.07, 6.45) is 3.16. The monoisotopic (exact) mass is 429 g/mol. The highest BCUT2D eigenvalue weighted by molar-refractivity contribution is 6.46. The summed E-state index contributed by atoms with van der Waals surface area (Å²) in [7, 11) is 0. The molecule has 0 saturated carbocycles. The number of benzene rings is 2. The number of nitro groups is 1. The van der Waals surface area contributed by atoms with Crippen molar-refractivity contribution in [1.82, 2.24) is 9.88 Å². The highest BCUT2D eigenvalue weighted by Crippen LogP contribution is 2.41. The van der Waals surface area contributed by atoms with Gasteiger partial charge in [0.25, 0.3) is 17.4 Å². The Kier molecular flexibility index (Phi) is 5.51. The third kappa shape index (κ3) is 3.85. The molecule has 8 heteroatoms. The molecule has 2 heterocycles. The molecule has 1 unspecified atom stereocenters. The Morgan fingerprint density at radius 2 is 1.88 bits per heavy atom. The van der Waals surface area contributed by atoms with Crippen molar-refractivity contribution < 1.29 is 19.6 Å². The van der Waals surface area contributed by atoms with Crippen LogP contribution in [-0.4, -0.2) is 31.6 Å². The van der Waals surface area contributed by atoms with Crippen LogP contribution in [0.25, 0.3) is 5.76 Å².